The summed E-state index contributed by atoms with van der Waals surface area (Å²) < 4.78 is 20.9. The SMILES string of the molecule is Cn1nccc1C1(O)CCN(C(=O)C2(S(C)(=N)=O)CCC2)CC1. The molecule has 23 heavy (non-hydrogen) atoms. The average molecular weight is 340 g/mol. The van der Waals surface area contributed by atoms with E-state index in [1.165, 1.54) is 6.26 Å². The molecule has 1 aromatic heterocycles. The number of hydrogen-bond acceptors (Lipinski definition) is 5. The van der Waals surface area contributed by atoms with Gasteiger partial charge in [-0.15, -0.1) is 0 Å². The van der Waals surface area contributed by atoms with Crippen LogP contribution in [0.4, 0.5) is 0 Å². The molecule has 1 aliphatic heterocycles. The molecule has 0 radical (unpaired) electrons. The number of nitrogens with zero attached hydrogens (tertiary/aromatic N) is 3. The zero-order chi connectivity index (χ0) is 16.9. The Morgan fingerprint density at radius 3 is 2.35 bits per heavy atom. The van der Waals surface area contributed by atoms with Gasteiger partial charge in [0.15, 0.2) is 0 Å². The van der Waals surface area contributed by atoms with Crippen LogP contribution in [-0.4, -0.2) is 54.0 Å². The van der Waals surface area contributed by atoms with Gasteiger partial charge in [-0.1, -0.05) is 0 Å². The maximum absolute atomic E-state index is 12.8. The first-order valence-electron chi connectivity index (χ1n) is 7.93. The smallest absolute Gasteiger partial charge is 0.242 e. The van der Waals surface area contributed by atoms with Crippen molar-refractivity contribution in [3.63, 3.8) is 0 Å². The van der Waals surface area contributed by atoms with Gasteiger partial charge in [-0.25, -0.2) is 4.21 Å². The molecule has 0 bridgehead atoms. The number of carbonyl (C=O) groups excluding carboxylic acids is 1. The number of aliphatic hydroxyl groups is 1. The van der Waals surface area contributed by atoms with E-state index in [9.17, 15) is 14.1 Å². The van der Waals surface area contributed by atoms with Gasteiger partial charge in [0.1, 0.15) is 10.3 Å². The number of rotatable bonds is 3. The monoisotopic (exact) mass is 340 g/mol. The molecule has 1 saturated carbocycles. The average Bonchev–Trinajstić information content (AvgIpc) is 2.83. The van der Waals surface area contributed by atoms with Crippen molar-refractivity contribution in [2.24, 2.45) is 7.05 Å². The largest absolute Gasteiger partial charge is 0.383 e. The molecule has 1 amide bonds. The van der Waals surface area contributed by atoms with Gasteiger partial charge in [0.2, 0.25) is 5.91 Å². The lowest BCUT2D eigenvalue weighted by Gasteiger charge is -2.46. The fourth-order valence-corrected chi connectivity index (χ4v) is 5.25. The molecule has 3 rings (SSSR count). The summed E-state index contributed by atoms with van der Waals surface area (Å²) in [5.74, 6) is -0.168. The highest BCUT2D eigenvalue weighted by Gasteiger charge is 2.53. The highest BCUT2D eigenvalue weighted by atomic mass is 32.2. The van der Waals surface area contributed by atoms with Crippen molar-refractivity contribution in [1.82, 2.24) is 14.7 Å². The van der Waals surface area contributed by atoms with Crippen LogP contribution < -0.4 is 0 Å². The fourth-order valence-electron chi connectivity index (χ4n) is 3.72. The Bertz CT molecular complexity index is 713. The molecule has 7 nitrogen and oxygen atoms in total. The van der Waals surface area contributed by atoms with Crippen LogP contribution in [0.3, 0.4) is 0 Å². The molecule has 0 spiro atoms. The Labute approximate surface area is 136 Å². The Morgan fingerprint density at radius 1 is 1.35 bits per heavy atom. The van der Waals surface area contributed by atoms with Gasteiger partial charge in [-0.2, -0.15) is 5.10 Å². The summed E-state index contributed by atoms with van der Waals surface area (Å²) >= 11 is 0. The number of aromatic nitrogens is 2. The number of hydrogen-bond donors (Lipinski definition) is 2. The molecular formula is C15H24N4O3S. The molecule has 0 aromatic carbocycles. The van der Waals surface area contributed by atoms with Crippen LogP contribution in [-0.2, 0) is 27.2 Å². The number of nitrogens with one attached hydrogen (secondary N) is 1. The van der Waals surface area contributed by atoms with Crippen molar-refractivity contribution in [2.45, 2.75) is 42.5 Å². The van der Waals surface area contributed by atoms with Crippen LogP contribution in [0.15, 0.2) is 12.3 Å². The van der Waals surface area contributed by atoms with Crippen molar-refractivity contribution in [1.29, 1.82) is 4.78 Å². The van der Waals surface area contributed by atoms with Crippen molar-refractivity contribution in [3.8, 4) is 0 Å². The van der Waals surface area contributed by atoms with Crippen LogP contribution in [0.25, 0.3) is 0 Å². The van der Waals surface area contributed by atoms with E-state index in [2.05, 4.69) is 5.10 Å². The van der Waals surface area contributed by atoms with Crippen molar-refractivity contribution >= 4 is 15.6 Å². The minimum absolute atomic E-state index is 0.168. The molecule has 1 saturated heterocycles. The van der Waals surface area contributed by atoms with Crippen LogP contribution >= 0.6 is 0 Å². The van der Waals surface area contributed by atoms with Gasteiger partial charge in [0, 0.05) is 32.6 Å². The molecule has 1 atom stereocenters. The van der Waals surface area contributed by atoms with E-state index in [4.69, 9.17) is 4.78 Å². The molecule has 2 aliphatic rings. The number of amides is 1. The number of carbonyl (C=O) groups is 1. The van der Waals surface area contributed by atoms with E-state index in [0.717, 1.165) is 12.1 Å². The summed E-state index contributed by atoms with van der Waals surface area (Å²) in [7, 11) is -1.13. The van der Waals surface area contributed by atoms with Crippen LogP contribution in [0, 0.1) is 4.78 Å². The minimum Gasteiger partial charge on any atom is -0.383 e. The van der Waals surface area contributed by atoms with Crippen molar-refractivity contribution in [3.05, 3.63) is 18.0 Å². The molecule has 1 aliphatic carbocycles. The predicted octanol–water partition coefficient (Wildman–Crippen LogP) is 0.829. The van der Waals surface area contributed by atoms with E-state index in [1.807, 2.05) is 0 Å². The van der Waals surface area contributed by atoms with Crippen LogP contribution in [0.2, 0.25) is 0 Å². The summed E-state index contributed by atoms with van der Waals surface area (Å²) in [6.07, 6.45) is 5.80. The Kier molecular flexibility index (Phi) is 3.79. The van der Waals surface area contributed by atoms with Gasteiger partial charge < -0.3 is 10.0 Å². The summed E-state index contributed by atoms with van der Waals surface area (Å²) in [5, 5.41) is 15.0. The summed E-state index contributed by atoms with van der Waals surface area (Å²) in [4.78, 5) is 14.5. The third kappa shape index (κ3) is 2.48. The predicted molar refractivity (Wildman–Crippen MR) is 86.3 cm³/mol. The Morgan fingerprint density at radius 2 is 1.96 bits per heavy atom. The van der Waals surface area contributed by atoms with E-state index < -0.39 is 20.1 Å². The lowest BCUT2D eigenvalue weighted by atomic mass is 9.81. The topological polar surface area (TPSA) is 99.3 Å². The third-order valence-electron chi connectivity index (χ3n) is 5.47. The van der Waals surface area contributed by atoms with Crippen LogP contribution in [0.1, 0.15) is 37.8 Å². The van der Waals surface area contributed by atoms with Crippen molar-refractivity contribution in [2.75, 3.05) is 19.3 Å². The highest BCUT2D eigenvalue weighted by Crippen LogP contribution is 2.42. The number of aryl methyl sites for hydroxylation is 1. The molecule has 2 fully saturated rings. The molecule has 2 N–H and O–H groups in total. The van der Waals surface area contributed by atoms with E-state index in [-0.39, 0.29) is 5.91 Å². The molecule has 8 heteroatoms. The van der Waals surface area contributed by atoms with Gasteiger partial charge >= 0.3 is 0 Å². The minimum atomic E-state index is -2.92. The number of piperidine rings is 1. The van der Waals surface area contributed by atoms with Crippen LogP contribution in [0.5, 0.6) is 0 Å². The normalized spacial score (nSPS) is 25.4. The zero-order valence-corrected chi connectivity index (χ0v) is 14.4. The first-order valence-corrected chi connectivity index (χ1v) is 9.90. The molecule has 1 unspecified atom stereocenters. The van der Waals surface area contributed by atoms with E-state index >= 15 is 0 Å². The summed E-state index contributed by atoms with van der Waals surface area (Å²) in [6, 6.07) is 1.80. The molecular weight excluding hydrogens is 316 g/mol. The molecule has 2 heterocycles. The second-order valence-corrected chi connectivity index (χ2v) is 9.32. The maximum Gasteiger partial charge on any atom is 0.242 e. The first kappa shape index (κ1) is 16.4. The standard InChI is InChI=1S/C15H24N4O3S/c1-18-12(4-9-17-18)14(21)7-10-19(11-8-14)13(20)15(5-3-6-15)23(2,16)22/h4,9,16,21H,3,5-8,10-11H2,1-2H3. The third-order valence-corrected chi connectivity index (χ3v) is 7.55. The Balaban J connectivity index is 1.75. The van der Waals surface area contributed by atoms with Gasteiger partial charge in [0.05, 0.1) is 15.4 Å². The van der Waals surface area contributed by atoms with Crippen molar-refractivity contribution < 1.29 is 14.1 Å². The van der Waals surface area contributed by atoms with Gasteiger partial charge in [0.25, 0.3) is 0 Å². The second kappa shape index (κ2) is 5.31. The van der Waals surface area contributed by atoms with Gasteiger partial charge in [-0.05, 0) is 38.2 Å². The maximum atomic E-state index is 12.8. The summed E-state index contributed by atoms with van der Waals surface area (Å²) in [6.45, 7) is 0.829. The molecule has 1 aromatic rings. The Hall–Kier alpha value is -1.41. The summed E-state index contributed by atoms with van der Waals surface area (Å²) in [5.41, 5.74) is -0.230. The first-order chi connectivity index (χ1) is 10.7. The lowest BCUT2D eigenvalue weighted by molar-refractivity contribution is -0.141. The van der Waals surface area contributed by atoms with E-state index in [0.29, 0.717) is 38.8 Å². The number of likely N-dealkylation sites (tertiary alicyclic amines) is 1. The molecule has 128 valence electrons. The highest BCUT2D eigenvalue weighted by molar-refractivity contribution is 7.94. The fraction of sp³-hybridized carbons (Fsp3) is 0.733. The van der Waals surface area contributed by atoms with Gasteiger partial charge in [-0.3, -0.25) is 14.3 Å². The second-order valence-electron chi connectivity index (χ2n) is 6.86. The quantitative estimate of drug-likeness (QED) is 0.851. The van der Waals surface area contributed by atoms with E-state index in [1.54, 1.807) is 28.9 Å². The zero-order valence-electron chi connectivity index (χ0n) is 13.6. The lowest BCUT2D eigenvalue weighted by Crippen LogP contribution is -2.59.